The second-order valence-electron chi connectivity index (χ2n) is 7.17. The third-order valence-corrected chi connectivity index (χ3v) is 5.50. The van der Waals surface area contributed by atoms with Crippen LogP contribution in [-0.2, 0) is 9.53 Å². The van der Waals surface area contributed by atoms with Crippen LogP contribution in [0.2, 0.25) is 0 Å². The first kappa shape index (κ1) is 21.1. The number of carbonyl (C=O) groups excluding carboxylic acids is 1. The van der Waals surface area contributed by atoms with Gasteiger partial charge in [-0.1, -0.05) is 31.2 Å². The Hall–Kier alpha value is -2.61. The minimum atomic E-state index is -0.600. The van der Waals surface area contributed by atoms with Gasteiger partial charge in [-0.2, -0.15) is 0 Å². The summed E-state index contributed by atoms with van der Waals surface area (Å²) in [5.74, 6) is 0.299. The number of anilines is 1. The van der Waals surface area contributed by atoms with Gasteiger partial charge in [-0.15, -0.1) is 0 Å². The van der Waals surface area contributed by atoms with E-state index in [1.54, 1.807) is 39.2 Å². The van der Waals surface area contributed by atoms with E-state index < -0.39 is 11.9 Å². The number of unbranched alkanes of at least 4 members (excludes halogenated alkanes) is 1. The molecular weight excluding hydrogens is 388 g/mol. The number of allylic oxidation sites excluding steroid dienone is 1. The summed E-state index contributed by atoms with van der Waals surface area (Å²) in [6.07, 6.45) is 5.17. The standard InChI is InChI=1S/C21H26N4O3S/c1-5-6-10-29-21-24-18-17(19(26)25-21)16(14-8-7-9-22-11-14)15(13(4)23-18)20(27)28-12(2)3/h7-9,11-12,16H,5-6,10H2,1-4H3,(H2,23,24,25,26)/t16-/m0/s1. The molecule has 0 amide bonds. The molecule has 154 valence electrons. The molecule has 0 spiro atoms. The number of nitrogens with zero attached hydrogens (tertiary/aromatic N) is 2. The Bertz CT molecular complexity index is 970. The Labute approximate surface area is 174 Å². The highest BCUT2D eigenvalue weighted by Crippen LogP contribution is 2.39. The van der Waals surface area contributed by atoms with Gasteiger partial charge in [0.05, 0.1) is 23.2 Å². The SMILES string of the molecule is CCCCSc1nc2c(c(=O)[nH]1)[C@@H](c1cccnc1)C(C(=O)OC(C)C)=C(C)N2. The normalized spacial score (nSPS) is 15.8. The molecule has 1 aliphatic heterocycles. The number of thioether (sulfide) groups is 1. The Morgan fingerprint density at radius 1 is 1.38 bits per heavy atom. The zero-order chi connectivity index (χ0) is 21.0. The van der Waals surface area contributed by atoms with Gasteiger partial charge in [-0.05, 0) is 38.8 Å². The summed E-state index contributed by atoms with van der Waals surface area (Å²) in [6.45, 7) is 7.52. The lowest BCUT2D eigenvalue weighted by Gasteiger charge is -2.29. The summed E-state index contributed by atoms with van der Waals surface area (Å²) < 4.78 is 5.46. The summed E-state index contributed by atoms with van der Waals surface area (Å²) in [5, 5.41) is 3.72. The zero-order valence-corrected chi connectivity index (χ0v) is 17.9. The Morgan fingerprint density at radius 2 is 2.17 bits per heavy atom. The number of esters is 1. The number of ether oxygens (including phenoxy) is 1. The van der Waals surface area contributed by atoms with Crippen molar-refractivity contribution < 1.29 is 9.53 Å². The predicted molar refractivity (Wildman–Crippen MR) is 114 cm³/mol. The molecule has 1 atom stereocenters. The van der Waals surface area contributed by atoms with Gasteiger partial charge in [-0.3, -0.25) is 9.78 Å². The minimum Gasteiger partial charge on any atom is -0.460 e. The molecule has 3 heterocycles. The van der Waals surface area contributed by atoms with Crippen LogP contribution < -0.4 is 10.9 Å². The average molecular weight is 415 g/mol. The number of hydrogen-bond donors (Lipinski definition) is 2. The molecule has 2 aromatic heterocycles. The van der Waals surface area contributed by atoms with Crippen molar-refractivity contribution in [3.8, 4) is 0 Å². The largest absolute Gasteiger partial charge is 0.460 e. The van der Waals surface area contributed by atoms with Crippen molar-refractivity contribution in [3.63, 3.8) is 0 Å². The lowest BCUT2D eigenvalue weighted by molar-refractivity contribution is -0.143. The zero-order valence-electron chi connectivity index (χ0n) is 17.1. The van der Waals surface area contributed by atoms with E-state index in [-0.39, 0.29) is 11.7 Å². The third kappa shape index (κ3) is 4.70. The number of pyridine rings is 1. The molecule has 1 aliphatic rings. The van der Waals surface area contributed by atoms with E-state index in [0.29, 0.717) is 27.8 Å². The van der Waals surface area contributed by atoms with Gasteiger partial charge in [0.2, 0.25) is 0 Å². The summed E-state index contributed by atoms with van der Waals surface area (Å²) >= 11 is 1.52. The molecule has 8 heteroatoms. The van der Waals surface area contributed by atoms with E-state index in [4.69, 9.17) is 4.74 Å². The molecular formula is C21H26N4O3S. The van der Waals surface area contributed by atoms with Gasteiger partial charge in [-0.25, -0.2) is 9.78 Å². The van der Waals surface area contributed by atoms with Gasteiger partial charge in [0.25, 0.3) is 5.56 Å². The summed E-state index contributed by atoms with van der Waals surface area (Å²) in [5.41, 5.74) is 1.90. The quantitative estimate of drug-likeness (QED) is 0.307. The monoisotopic (exact) mass is 414 g/mol. The molecule has 0 aromatic carbocycles. The van der Waals surface area contributed by atoms with Crippen LogP contribution >= 0.6 is 11.8 Å². The maximum atomic E-state index is 13.1. The van der Waals surface area contributed by atoms with Crippen molar-refractivity contribution in [2.45, 2.75) is 57.7 Å². The number of carbonyl (C=O) groups is 1. The number of nitrogens with one attached hydrogen (secondary N) is 2. The van der Waals surface area contributed by atoms with E-state index in [0.717, 1.165) is 24.2 Å². The Kier molecular flexibility index (Phi) is 6.74. The van der Waals surface area contributed by atoms with Crippen molar-refractivity contribution in [2.75, 3.05) is 11.1 Å². The number of rotatable bonds is 7. The average Bonchev–Trinajstić information content (AvgIpc) is 2.67. The number of fused-ring (bicyclic) bond motifs is 1. The lowest BCUT2D eigenvalue weighted by Crippen LogP contribution is -2.31. The molecule has 2 aromatic rings. The predicted octanol–water partition coefficient (Wildman–Crippen LogP) is 3.84. The smallest absolute Gasteiger partial charge is 0.337 e. The first-order valence-corrected chi connectivity index (χ1v) is 10.8. The van der Waals surface area contributed by atoms with Crippen LogP contribution in [0.15, 0.2) is 45.7 Å². The van der Waals surface area contributed by atoms with Crippen LogP contribution in [0.25, 0.3) is 0 Å². The van der Waals surface area contributed by atoms with E-state index >= 15 is 0 Å². The van der Waals surface area contributed by atoms with E-state index in [1.165, 1.54) is 11.8 Å². The second-order valence-corrected chi connectivity index (χ2v) is 8.26. The molecule has 0 saturated carbocycles. The van der Waals surface area contributed by atoms with Crippen molar-refractivity contribution in [1.82, 2.24) is 15.0 Å². The Morgan fingerprint density at radius 3 is 2.83 bits per heavy atom. The first-order valence-electron chi connectivity index (χ1n) is 9.78. The fourth-order valence-corrected chi connectivity index (χ4v) is 4.19. The highest BCUT2D eigenvalue weighted by molar-refractivity contribution is 7.99. The molecule has 7 nitrogen and oxygen atoms in total. The van der Waals surface area contributed by atoms with Crippen molar-refractivity contribution >= 4 is 23.5 Å². The van der Waals surface area contributed by atoms with Crippen LogP contribution in [0.3, 0.4) is 0 Å². The highest BCUT2D eigenvalue weighted by atomic mass is 32.2. The van der Waals surface area contributed by atoms with Crippen LogP contribution in [0.1, 0.15) is 57.6 Å². The molecule has 0 fully saturated rings. The Balaban J connectivity index is 2.11. The molecule has 0 saturated heterocycles. The molecule has 3 rings (SSSR count). The van der Waals surface area contributed by atoms with E-state index in [9.17, 15) is 9.59 Å². The van der Waals surface area contributed by atoms with Crippen LogP contribution in [-0.4, -0.2) is 32.8 Å². The van der Waals surface area contributed by atoms with E-state index in [2.05, 4.69) is 27.2 Å². The van der Waals surface area contributed by atoms with Crippen LogP contribution in [0.4, 0.5) is 5.82 Å². The van der Waals surface area contributed by atoms with Crippen molar-refractivity contribution in [2.24, 2.45) is 0 Å². The van der Waals surface area contributed by atoms with Crippen molar-refractivity contribution in [1.29, 1.82) is 0 Å². The van der Waals surface area contributed by atoms with Crippen LogP contribution in [0, 0.1) is 0 Å². The summed E-state index contributed by atoms with van der Waals surface area (Å²) in [4.78, 5) is 37.6. The third-order valence-electron chi connectivity index (χ3n) is 4.54. The van der Waals surface area contributed by atoms with Gasteiger partial charge in [0.1, 0.15) is 5.82 Å². The highest BCUT2D eigenvalue weighted by Gasteiger charge is 2.36. The molecule has 0 bridgehead atoms. The summed E-state index contributed by atoms with van der Waals surface area (Å²) in [7, 11) is 0. The molecule has 29 heavy (non-hydrogen) atoms. The molecule has 2 N–H and O–H groups in total. The van der Waals surface area contributed by atoms with Gasteiger partial charge >= 0.3 is 5.97 Å². The number of aromatic amines is 1. The minimum absolute atomic E-state index is 0.266. The maximum Gasteiger partial charge on any atom is 0.337 e. The fraction of sp³-hybridized carbons (Fsp3) is 0.429. The fourth-order valence-electron chi connectivity index (χ4n) is 3.24. The molecule has 0 aliphatic carbocycles. The number of hydrogen-bond acceptors (Lipinski definition) is 7. The molecule has 0 unspecified atom stereocenters. The second kappa shape index (κ2) is 9.26. The van der Waals surface area contributed by atoms with Gasteiger partial charge < -0.3 is 15.0 Å². The maximum absolute atomic E-state index is 13.1. The van der Waals surface area contributed by atoms with E-state index in [1.807, 2.05) is 6.07 Å². The lowest BCUT2D eigenvalue weighted by atomic mass is 9.83. The summed E-state index contributed by atoms with van der Waals surface area (Å²) in [6, 6.07) is 3.64. The topological polar surface area (TPSA) is 97.0 Å². The van der Waals surface area contributed by atoms with Crippen molar-refractivity contribution in [3.05, 3.63) is 57.3 Å². The van der Waals surface area contributed by atoms with Gasteiger partial charge in [0, 0.05) is 23.8 Å². The number of aromatic nitrogens is 3. The number of H-pyrrole nitrogens is 1. The molecule has 0 radical (unpaired) electrons. The van der Waals surface area contributed by atoms with Gasteiger partial charge in [0.15, 0.2) is 5.16 Å². The van der Waals surface area contributed by atoms with Crippen LogP contribution in [0.5, 0.6) is 0 Å². The first-order chi connectivity index (χ1) is 13.9.